The monoisotopic (exact) mass is 350 g/mol. The fourth-order valence-corrected chi connectivity index (χ4v) is 2.49. The summed E-state index contributed by atoms with van der Waals surface area (Å²) in [6, 6.07) is 12.6. The van der Waals surface area contributed by atoms with Gasteiger partial charge in [-0.05, 0) is 45.0 Å². The van der Waals surface area contributed by atoms with E-state index in [9.17, 15) is 18.0 Å². The molecule has 0 saturated heterocycles. The second-order valence-electron chi connectivity index (χ2n) is 6.15. The Bertz CT molecular complexity index is 724. The summed E-state index contributed by atoms with van der Waals surface area (Å²) in [5, 5.41) is 2.38. The first-order chi connectivity index (χ1) is 11.7. The van der Waals surface area contributed by atoms with E-state index in [1.807, 2.05) is 49.9 Å². The molecule has 3 nitrogen and oxygen atoms in total. The van der Waals surface area contributed by atoms with E-state index < -0.39 is 17.6 Å². The van der Waals surface area contributed by atoms with E-state index in [0.29, 0.717) is 0 Å². The highest BCUT2D eigenvalue weighted by molar-refractivity contribution is 5.95. The zero-order valence-corrected chi connectivity index (χ0v) is 14.4. The number of anilines is 2. The molecular weight excluding hydrogens is 329 g/mol. The first-order valence-corrected chi connectivity index (χ1v) is 7.98. The molecule has 2 aromatic carbocycles. The second-order valence-corrected chi connectivity index (χ2v) is 6.15. The van der Waals surface area contributed by atoms with Gasteiger partial charge in [-0.25, -0.2) is 0 Å². The molecule has 0 aliphatic heterocycles. The van der Waals surface area contributed by atoms with Gasteiger partial charge in [0.25, 0.3) is 0 Å². The number of nitrogens with zero attached hydrogens (tertiary/aromatic N) is 1. The molecule has 2 rings (SSSR count). The van der Waals surface area contributed by atoms with Crippen LogP contribution in [-0.4, -0.2) is 18.5 Å². The zero-order valence-electron chi connectivity index (χ0n) is 14.4. The molecule has 0 aromatic heterocycles. The number of carbonyl (C=O) groups is 1. The van der Waals surface area contributed by atoms with E-state index >= 15 is 0 Å². The van der Waals surface area contributed by atoms with Crippen molar-refractivity contribution in [3.63, 3.8) is 0 Å². The summed E-state index contributed by atoms with van der Waals surface area (Å²) in [5.41, 5.74) is 0.860. The van der Waals surface area contributed by atoms with Gasteiger partial charge in [-0.15, -0.1) is 0 Å². The largest absolute Gasteiger partial charge is 0.418 e. The van der Waals surface area contributed by atoms with Gasteiger partial charge in [0.15, 0.2) is 0 Å². The van der Waals surface area contributed by atoms with Gasteiger partial charge < -0.3 is 10.2 Å². The summed E-state index contributed by atoms with van der Waals surface area (Å²) < 4.78 is 39.1. The zero-order chi connectivity index (χ0) is 18.6. The van der Waals surface area contributed by atoms with Gasteiger partial charge in [0.1, 0.15) is 0 Å². The SMILES string of the molecule is Cc1ccc(N(CC(=O)Nc2ccccc2C(F)(F)F)C(C)C)cc1. The van der Waals surface area contributed by atoms with Gasteiger partial charge in [0, 0.05) is 11.7 Å². The van der Waals surface area contributed by atoms with Crippen molar-refractivity contribution >= 4 is 17.3 Å². The van der Waals surface area contributed by atoms with Crippen molar-refractivity contribution in [1.82, 2.24) is 0 Å². The molecule has 6 heteroatoms. The van der Waals surface area contributed by atoms with E-state index in [1.165, 1.54) is 18.2 Å². The molecule has 0 saturated carbocycles. The third kappa shape index (κ3) is 4.98. The highest BCUT2D eigenvalue weighted by Crippen LogP contribution is 2.34. The Labute approximate surface area is 145 Å². The minimum atomic E-state index is -4.52. The van der Waals surface area contributed by atoms with Crippen LogP contribution in [0.15, 0.2) is 48.5 Å². The van der Waals surface area contributed by atoms with Crippen molar-refractivity contribution < 1.29 is 18.0 Å². The van der Waals surface area contributed by atoms with Crippen LogP contribution in [0.4, 0.5) is 24.5 Å². The van der Waals surface area contributed by atoms with E-state index in [-0.39, 0.29) is 18.3 Å². The number of rotatable bonds is 5. The van der Waals surface area contributed by atoms with E-state index in [1.54, 1.807) is 0 Å². The molecule has 2 aromatic rings. The van der Waals surface area contributed by atoms with Crippen LogP contribution >= 0.6 is 0 Å². The predicted octanol–water partition coefficient (Wildman–Crippen LogP) is 4.87. The highest BCUT2D eigenvalue weighted by Gasteiger charge is 2.33. The number of benzene rings is 2. The number of carbonyl (C=O) groups excluding carboxylic acids is 1. The van der Waals surface area contributed by atoms with Gasteiger partial charge in [-0.1, -0.05) is 29.8 Å². The van der Waals surface area contributed by atoms with Gasteiger partial charge in [-0.2, -0.15) is 13.2 Å². The molecule has 25 heavy (non-hydrogen) atoms. The third-order valence-corrected chi connectivity index (χ3v) is 3.81. The van der Waals surface area contributed by atoms with Gasteiger partial charge in [0.2, 0.25) is 5.91 Å². The molecule has 134 valence electrons. The molecule has 0 fully saturated rings. The van der Waals surface area contributed by atoms with Crippen LogP contribution < -0.4 is 10.2 Å². The second kappa shape index (κ2) is 7.59. The number of nitrogens with one attached hydrogen (secondary N) is 1. The minimum Gasteiger partial charge on any atom is -0.360 e. The van der Waals surface area contributed by atoms with Crippen molar-refractivity contribution in [2.75, 3.05) is 16.8 Å². The lowest BCUT2D eigenvalue weighted by Gasteiger charge is -2.28. The van der Waals surface area contributed by atoms with E-state index in [2.05, 4.69) is 5.32 Å². The molecular formula is C19H21F3N2O. The number of amides is 1. The van der Waals surface area contributed by atoms with Crippen LogP contribution in [0.3, 0.4) is 0 Å². The fraction of sp³-hybridized carbons (Fsp3) is 0.316. The number of para-hydroxylation sites is 1. The van der Waals surface area contributed by atoms with Crippen LogP contribution in [0.2, 0.25) is 0 Å². The maximum absolute atomic E-state index is 13.0. The molecule has 0 atom stereocenters. The number of hydrogen-bond donors (Lipinski definition) is 1. The molecule has 0 spiro atoms. The first kappa shape index (κ1) is 18.8. The lowest BCUT2D eigenvalue weighted by atomic mass is 10.1. The van der Waals surface area contributed by atoms with E-state index in [4.69, 9.17) is 0 Å². The summed E-state index contributed by atoms with van der Waals surface area (Å²) in [4.78, 5) is 14.2. The summed E-state index contributed by atoms with van der Waals surface area (Å²) in [6.07, 6.45) is -4.52. The standard InChI is InChI=1S/C19H21F3N2O/c1-13(2)24(15-10-8-14(3)9-11-15)12-18(25)23-17-7-5-4-6-16(17)19(20,21)22/h4-11,13H,12H2,1-3H3,(H,23,25). The van der Waals surface area contributed by atoms with Crippen molar-refractivity contribution in [3.05, 3.63) is 59.7 Å². The Hall–Kier alpha value is -2.50. The maximum Gasteiger partial charge on any atom is 0.418 e. The number of aryl methyl sites for hydroxylation is 1. The van der Waals surface area contributed by atoms with E-state index in [0.717, 1.165) is 17.3 Å². The summed E-state index contributed by atoms with van der Waals surface area (Å²) >= 11 is 0. The lowest BCUT2D eigenvalue weighted by Crippen LogP contribution is -2.38. The third-order valence-electron chi connectivity index (χ3n) is 3.81. The predicted molar refractivity (Wildman–Crippen MR) is 93.7 cm³/mol. The van der Waals surface area contributed by atoms with Crippen LogP contribution in [0.5, 0.6) is 0 Å². The molecule has 0 aliphatic rings. The molecule has 1 amide bonds. The quantitative estimate of drug-likeness (QED) is 0.835. The van der Waals surface area contributed by atoms with Crippen molar-refractivity contribution in [3.8, 4) is 0 Å². The smallest absolute Gasteiger partial charge is 0.360 e. The van der Waals surface area contributed by atoms with Crippen LogP contribution in [0.25, 0.3) is 0 Å². The maximum atomic E-state index is 13.0. The molecule has 1 N–H and O–H groups in total. The Morgan fingerprint density at radius 2 is 1.68 bits per heavy atom. The molecule has 0 unspecified atom stereocenters. The minimum absolute atomic E-state index is 0.0197. The number of halogens is 3. The molecule has 0 aliphatic carbocycles. The Morgan fingerprint density at radius 3 is 2.24 bits per heavy atom. The summed E-state index contributed by atoms with van der Waals surface area (Å²) in [5.74, 6) is -0.494. The fourth-order valence-electron chi connectivity index (χ4n) is 2.49. The van der Waals surface area contributed by atoms with Crippen molar-refractivity contribution in [2.24, 2.45) is 0 Å². The van der Waals surface area contributed by atoms with Gasteiger partial charge >= 0.3 is 6.18 Å². The van der Waals surface area contributed by atoms with Crippen LogP contribution in [0, 0.1) is 6.92 Å². The van der Waals surface area contributed by atoms with Crippen LogP contribution in [-0.2, 0) is 11.0 Å². The van der Waals surface area contributed by atoms with Crippen molar-refractivity contribution in [1.29, 1.82) is 0 Å². The van der Waals surface area contributed by atoms with Gasteiger partial charge in [-0.3, -0.25) is 4.79 Å². The molecule has 0 heterocycles. The van der Waals surface area contributed by atoms with Gasteiger partial charge in [0.05, 0.1) is 17.8 Å². The topological polar surface area (TPSA) is 32.3 Å². The summed E-state index contributed by atoms with van der Waals surface area (Å²) in [7, 11) is 0. The average Bonchev–Trinajstić information content (AvgIpc) is 2.53. The molecule has 0 radical (unpaired) electrons. The van der Waals surface area contributed by atoms with Crippen LogP contribution in [0.1, 0.15) is 25.0 Å². The Kier molecular flexibility index (Phi) is 5.72. The highest BCUT2D eigenvalue weighted by atomic mass is 19.4. The Balaban J connectivity index is 2.17. The number of alkyl halides is 3. The first-order valence-electron chi connectivity index (χ1n) is 7.98. The van der Waals surface area contributed by atoms with Crippen molar-refractivity contribution in [2.45, 2.75) is 33.0 Å². The summed E-state index contributed by atoms with van der Waals surface area (Å²) in [6.45, 7) is 5.78. The Morgan fingerprint density at radius 1 is 1.08 bits per heavy atom. The average molecular weight is 350 g/mol. The lowest BCUT2D eigenvalue weighted by molar-refractivity contribution is -0.137. The molecule has 0 bridgehead atoms. The number of hydrogen-bond acceptors (Lipinski definition) is 2. The normalized spacial score (nSPS) is 11.5.